The van der Waals surface area contributed by atoms with E-state index < -0.39 is 5.54 Å². The molecule has 0 aliphatic carbocycles. The molecule has 1 atom stereocenters. The van der Waals surface area contributed by atoms with E-state index in [9.17, 15) is 14.4 Å². The van der Waals surface area contributed by atoms with Crippen molar-refractivity contribution in [2.45, 2.75) is 283 Å². The van der Waals surface area contributed by atoms with Crippen molar-refractivity contribution in [2.24, 2.45) is 0 Å². The van der Waals surface area contributed by atoms with Crippen molar-refractivity contribution >= 4 is 17.9 Å². The van der Waals surface area contributed by atoms with Gasteiger partial charge in [-0.2, -0.15) is 0 Å². The van der Waals surface area contributed by atoms with Crippen LogP contribution >= 0.6 is 0 Å². The van der Waals surface area contributed by atoms with Gasteiger partial charge in [0.25, 0.3) is 0 Å². The van der Waals surface area contributed by atoms with Gasteiger partial charge in [-0.1, -0.05) is 212 Å². The van der Waals surface area contributed by atoms with Gasteiger partial charge in [0.1, 0.15) is 0 Å². The molecule has 0 spiro atoms. The summed E-state index contributed by atoms with van der Waals surface area (Å²) < 4.78 is 18.1. The Labute approximate surface area is 410 Å². The number of carbonyl (C=O) groups excluding carboxylic acids is 3. The smallest absolute Gasteiger partial charge is 0.306 e. The van der Waals surface area contributed by atoms with E-state index in [1.165, 1.54) is 167 Å². The minimum absolute atomic E-state index is 0. The molecule has 0 aromatic carbocycles. The SMILES string of the molecule is CCCCCCCCC=CCCCCCCCC(=O)OCC(COC(=O)CCCCCCC/C=C\CCCCCCCC)(COC(=O)CCCCCCCCCCCCC)[N+](C)(C)C.[Cl-]. The topological polar surface area (TPSA) is 78.9 Å². The molecule has 0 amide bonds. The van der Waals surface area contributed by atoms with Crippen molar-refractivity contribution in [3.63, 3.8) is 0 Å². The number of unbranched alkanes of at least 4 members (excludes halogenated alkanes) is 32. The Morgan fingerprint density at radius 1 is 0.338 bits per heavy atom. The molecule has 65 heavy (non-hydrogen) atoms. The summed E-state index contributed by atoms with van der Waals surface area (Å²) in [5, 5.41) is 0. The van der Waals surface area contributed by atoms with Gasteiger partial charge in [0, 0.05) is 19.3 Å². The molecule has 0 aliphatic heterocycles. The fourth-order valence-electron chi connectivity index (χ4n) is 8.18. The molecule has 0 heterocycles. The first-order chi connectivity index (χ1) is 31.1. The number of esters is 3. The van der Waals surface area contributed by atoms with Crippen LogP contribution in [0.4, 0.5) is 0 Å². The van der Waals surface area contributed by atoms with Gasteiger partial charge in [-0.25, -0.2) is 0 Å². The standard InChI is InChI=1S/C57H108NO6.ClH/c1-7-10-13-16-19-22-25-27-29-31-34-37-40-43-46-49-55(60)63-52-57(58(4,5)6,51-62-54(59)48-45-42-39-36-33-24-21-18-15-12-9-3)53-64-56(61)50-47-44-41-38-35-32-30-28-26-23-20-17-14-11-8-2;/h27-30H,7-26,31-53H2,1-6H3;1H/q+1;/p-1/b29-27-,30-28?;. The van der Waals surface area contributed by atoms with Gasteiger partial charge in [0.05, 0.1) is 21.1 Å². The number of carbonyl (C=O) groups is 3. The molecule has 1 unspecified atom stereocenters. The van der Waals surface area contributed by atoms with Crippen LogP contribution < -0.4 is 12.4 Å². The molecular weight excluding hydrogens is 830 g/mol. The fourth-order valence-corrected chi connectivity index (χ4v) is 8.18. The van der Waals surface area contributed by atoms with Crippen LogP contribution in [0.2, 0.25) is 0 Å². The third-order valence-corrected chi connectivity index (χ3v) is 13.2. The molecule has 0 radical (unpaired) electrons. The molecule has 384 valence electrons. The predicted octanol–water partition coefficient (Wildman–Crippen LogP) is 13.8. The zero-order valence-corrected chi connectivity index (χ0v) is 44.7. The first-order valence-corrected chi connectivity index (χ1v) is 27.7. The number of allylic oxidation sites excluding steroid dienone is 4. The van der Waals surface area contributed by atoms with Crippen molar-refractivity contribution in [3.8, 4) is 0 Å². The Balaban J connectivity index is 0. The van der Waals surface area contributed by atoms with E-state index in [0.717, 1.165) is 70.6 Å². The molecule has 0 bridgehead atoms. The lowest BCUT2D eigenvalue weighted by Gasteiger charge is -2.44. The van der Waals surface area contributed by atoms with Gasteiger partial charge < -0.3 is 31.1 Å². The molecule has 0 rings (SSSR count). The molecular formula is C57H108ClNO6. The van der Waals surface area contributed by atoms with E-state index in [2.05, 4.69) is 45.1 Å². The van der Waals surface area contributed by atoms with E-state index in [1.54, 1.807) is 0 Å². The Morgan fingerprint density at radius 2 is 0.538 bits per heavy atom. The van der Waals surface area contributed by atoms with Gasteiger partial charge in [0.15, 0.2) is 19.8 Å². The summed E-state index contributed by atoms with van der Waals surface area (Å²) in [5.74, 6) is -0.738. The van der Waals surface area contributed by atoms with Crippen LogP contribution in [-0.4, -0.2) is 68.9 Å². The number of hydrogen-bond acceptors (Lipinski definition) is 6. The Morgan fingerprint density at radius 3 is 0.754 bits per heavy atom. The van der Waals surface area contributed by atoms with Crippen molar-refractivity contribution in [1.82, 2.24) is 0 Å². The monoisotopic (exact) mass is 938 g/mol. The number of halogens is 1. The second-order valence-corrected chi connectivity index (χ2v) is 20.2. The Hall–Kier alpha value is -1.86. The third kappa shape index (κ3) is 43.2. The normalized spacial score (nSPS) is 12.7. The molecule has 0 aromatic heterocycles. The lowest BCUT2D eigenvalue weighted by Crippen LogP contribution is -3.00. The Bertz CT molecular complexity index is 1060. The summed E-state index contributed by atoms with van der Waals surface area (Å²) in [6, 6.07) is 0. The average Bonchev–Trinajstić information content (AvgIpc) is 3.27. The molecule has 0 aliphatic rings. The molecule has 0 aromatic rings. The van der Waals surface area contributed by atoms with Gasteiger partial charge in [0.2, 0.25) is 5.54 Å². The quantitative estimate of drug-likeness (QED) is 0.0199. The molecule has 0 saturated carbocycles. The van der Waals surface area contributed by atoms with Crippen molar-refractivity contribution < 1.29 is 45.5 Å². The van der Waals surface area contributed by atoms with E-state index in [0.29, 0.717) is 23.7 Å². The summed E-state index contributed by atoms with van der Waals surface area (Å²) in [6.45, 7) is 6.85. The first-order valence-electron chi connectivity index (χ1n) is 27.7. The van der Waals surface area contributed by atoms with E-state index in [1.807, 2.05) is 21.1 Å². The van der Waals surface area contributed by atoms with Crippen molar-refractivity contribution in [1.29, 1.82) is 0 Å². The number of likely N-dealkylation sites (N-methyl/N-ethyl adjacent to an activating group) is 1. The molecule has 0 N–H and O–H groups in total. The minimum atomic E-state index is -0.913. The van der Waals surface area contributed by atoms with E-state index in [-0.39, 0.29) is 50.1 Å². The third-order valence-electron chi connectivity index (χ3n) is 13.2. The highest BCUT2D eigenvalue weighted by Gasteiger charge is 2.47. The number of nitrogens with zero attached hydrogens (tertiary/aromatic N) is 1. The van der Waals surface area contributed by atoms with Crippen molar-refractivity contribution in [2.75, 3.05) is 41.0 Å². The van der Waals surface area contributed by atoms with Gasteiger partial charge in [-0.05, 0) is 70.6 Å². The summed E-state index contributed by atoms with van der Waals surface area (Å²) >= 11 is 0. The van der Waals surface area contributed by atoms with Crippen LogP contribution in [0, 0.1) is 0 Å². The summed E-state index contributed by atoms with van der Waals surface area (Å²) in [7, 11) is 5.98. The van der Waals surface area contributed by atoms with Gasteiger partial charge in [-0.3, -0.25) is 14.4 Å². The highest BCUT2D eigenvalue weighted by Crippen LogP contribution is 2.24. The molecule has 0 fully saturated rings. The number of hydrogen-bond donors (Lipinski definition) is 0. The zero-order chi connectivity index (χ0) is 47.1. The van der Waals surface area contributed by atoms with Crippen LogP contribution in [-0.2, 0) is 28.6 Å². The predicted molar refractivity (Wildman–Crippen MR) is 274 cm³/mol. The van der Waals surface area contributed by atoms with E-state index >= 15 is 0 Å². The number of quaternary nitrogens is 1. The van der Waals surface area contributed by atoms with Crippen LogP contribution in [0.3, 0.4) is 0 Å². The Kier molecular flexibility index (Phi) is 48.8. The van der Waals surface area contributed by atoms with Crippen LogP contribution in [0.1, 0.15) is 278 Å². The lowest BCUT2D eigenvalue weighted by molar-refractivity contribution is -0.925. The second kappa shape index (κ2) is 48.6. The second-order valence-electron chi connectivity index (χ2n) is 20.2. The summed E-state index contributed by atoms with van der Waals surface area (Å²) in [6.07, 6.45) is 55.3. The van der Waals surface area contributed by atoms with Crippen LogP contribution in [0.5, 0.6) is 0 Å². The number of ether oxygens (including phenoxy) is 3. The van der Waals surface area contributed by atoms with Gasteiger partial charge >= 0.3 is 17.9 Å². The maximum absolute atomic E-state index is 13.1. The van der Waals surface area contributed by atoms with Crippen LogP contribution in [0.15, 0.2) is 24.3 Å². The van der Waals surface area contributed by atoms with Crippen molar-refractivity contribution in [3.05, 3.63) is 24.3 Å². The fraction of sp³-hybridized carbons (Fsp3) is 0.877. The summed E-state index contributed by atoms with van der Waals surface area (Å²) in [4.78, 5) is 39.2. The maximum atomic E-state index is 13.1. The molecule has 7 nitrogen and oxygen atoms in total. The largest absolute Gasteiger partial charge is 1.00 e. The maximum Gasteiger partial charge on any atom is 0.306 e. The van der Waals surface area contributed by atoms with Gasteiger partial charge in [-0.15, -0.1) is 0 Å². The first kappa shape index (κ1) is 65.2. The van der Waals surface area contributed by atoms with Crippen LogP contribution in [0.25, 0.3) is 0 Å². The molecule has 8 heteroatoms. The lowest BCUT2D eigenvalue weighted by atomic mass is 9.98. The number of rotatable bonds is 49. The highest BCUT2D eigenvalue weighted by molar-refractivity contribution is 5.70. The molecule has 0 saturated heterocycles. The average molecular weight is 939 g/mol. The summed E-state index contributed by atoms with van der Waals surface area (Å²) in [5.41, 5.74) is -0.913. The highest BCUT2D eigenvalue weighted by atomic mass is 35.5. The van der Waals surface area contributed by atoms with E-state index in [4.69, 9.17) is 14.2 Å². The zero-order valence-electron chi connectivity index (χ0n) is 44.0. The minimum Gasteiger partial charge on any atom is -1.00 e.